The number of hydrogen-bond donors (Lipinski definition) is 2. The van der Waals surface area contributed by atoms with Gasteiger partial charge in [0.15, 0.2) is 0 Å². The van der Waals surface area contributed by atoms with Crippen molar-refractivity contribution in [2.24, 2.45) is 5.73 Å². The third-order valence-corrected chi connectivity index (χ3v) is 5.50. The van der Waals surface area contributed by atoms with Crippen molar-refractivity contribution < 1.29 is 9.59 Å². The zero-order valence-corrected chi connectivity index (χ0v) is 16.7. The Kier molecular flexibility index (Phi) is 5.53. The number of nitrogens with two attached hydrogens (primary N) is 2. The van der Waals surface area contributed by atoms with Gasteiger partial charge in [0.2, 0.25) is 5.91 Å². The van der Waals surface area contributed by atoms with E-state index in [0.717, 1.165) is 5.56 Å². The Morgan fingerprint density at radius 3 is 2.30 bits per heavy atom. The van der Waals surface area contributed by atoms with Gasteiger partial charge in [0, 0.05) is 12.2 Å². The van der Waals surface area contributed by atoms with E-state index < -0.39 is 11.9 Å². The van der Waals surface area contributed by atoms with E-state index in [1.807, 2.05) is 42.5 Å². The molecule has 0 radical (unpaired) electrons. The van der Waals surface area contributed by atoms with Gasteiger partial charge in [0.1, 0.15) is 6.04 Å². The van der Waals surface area contributed by atoms with Crippen LogP contribution in [0.4, 0.5) is 5.69 Å². The summed E-state index contributed by atoms with van der Waals surface area (Å²) in [5.41, 5.74) is 15.5. The van der Waals surface area contributed by atoms with Crippen LogP contribution in [-0.2, 0) is 11.3 Å². The lowest BCUT2D eigenvalue weighted by Gasteiger charge is -2.31. The molecule has 0 aliphatic heterocycles. The molecule has 4 N–H and O–H groups in total. The molecule has 0 heterocycles. The largest absolute Gasteiger partial charge is 0.398 e. The minimum Gasteiger partial charge on any atom is -0.398 e. The highest BCUT2D eigenvalue weighted by atomic mass is 16.2. The van der Waals surface area contributed by atoms with Gasteiger partial charge >= 0.3 is 0 Å². The average Bonchev–Trinajstić information content (AvgIpc) is 3.59. The second-order valence-electron chi connectivity index (χ2n) is 7.76. The monoisotopic (exact) mass is 399 g/mol. The predicted molar refractivity (Wildman–Crippen MR) is 118 cm³/mol. The quantitative estimate of drug-likeness (QED) is 0.588. The summed E-state index contributed by atoms with van der Waals surface area (Å²) in [7, 11) is 0. The summed E-state index contributed by atoms with van der Waals surface area (Å²) < 4.78 is 0. The molecule has 1 aliphatic rings. The molecule has 2 amide bonds. The lowest BCUT2D eigenvalue weighted by molar-refractivity contribution is -0.122. The molecule has 1 aliphatic carbocycles. The maximum Gasteiger partial charge on any atom is 0.257 e. The number of nitrogen functional groups attached to an aromatic ring is 1. The molecular formula is C25H25N3O2. The van der Waals surface area contributed by atoms with Gasteiger partial charge in [0.05, 0.1) is 5.56 Å². The molecule has 4 rings (SSSR count). The van der Waals surface area contributed by atoms with E-state index in [2.05, 4.69) is 12.1 Å². The molecule has 5 heteroatoms. The number of hydrogen-bond acceptors (Lipinski definition) is 3. The summed E-state index contributed by atoms with van der Waals surface area (Å²) in [5, 5.41) is 0. The molecule has 152 valence electrons. The first kappa shape index (κ1) is 19.7. The van der Waals surface area contributed by atoms with E-state index in [4.69, 9.17) is 11.5 Å². The highest BCUT2D eigenvalue weighted by molar-refractivity contribution is 6.01. The van der Waals surface area contributed by atoms with Crippen molar-refractivity contribution in [3.63, 3.8) is 0 Å². The molecule has 0 spiro atoms. The van der Waals surface area contributed by atoms with Crippen molar-refractivity contribution in [1.29, 1.82) is 0 Å². The number of benzene rings is 3. The van der Waals surface area contributed by atoms with Crippen LogP contribution in [0.1, 0.15) is 51.8 Å². The van der Waals surface area contributed by atoms with E-state index >= 15 is 0 Å². The molecule has 3 aromatic rings. The first-order valence-corrected chi connectivity index (χ1v) is 10.1. The molecule has 0 saturated heterocycles. The Balaban J connectivity index is 1.75. The van der Waals surface area contributed by atoms with Crippen molar-refractivity contribution in [2.75, 3.05) is 5.73 Å². The minimum atomic E-state index is -0.900. The predicted octanol–water partition coefficient (Wildman–Crippen LogP) is 4.02. The first-order chi connectivity index (χ1) is 14.5. The Morgan fingerprint density at radius 2 is 1.63 bits per heavy atom. The molecule has 5 nitrogen and oxygen atoms in total. The van der Waals surface area contributed by atoms with Crippen molar-refractivity contribution in [2.45, 2.75) is 31.3 Å². The van der Waals surface area contributed by atoms with Gasteiger partial charge in [0.25, 0.3) is 5.91 Å². The van der Waals surface area contributed by atoms with Gasteiger partial charge in [-0.2, -0.15) is 0 Å². The summed E-state index contributed by atoms with van der Waals surface area (Å²) in [5.74, 6) is -0.306. The summed E-state index contributed by atoms with van der Waals surface area (Å²) in [6, 6.07) is 23.4. The van der Waals surface area contributed by atoms with Crippen LogP contribution < -0.4 is 11.5 Å². The van der Waals surface area contributed by atoms with Crippen LogP contribution in [-0.4, -0.2) is 16.7 Å². The van der Waals surface area contributed by atoms with Crippen LogP contribution in [0.3, 0.4) is 0 Å². The molecule has 1 saturated carbocycles. The SMILES string of the molecule is NC(=O)[C@@H](c1ccccc1)N(Cc1cccc(C2CC2)c1)C(=O)c1ccccc1N. The average molecular weight is 399 g/mol. The van der Waals surface area contributed by atoms with Gasteiger partial charge in [-0.15, -0.1) is 0 Å². The number of anilines is 1. The van der Waals surface area contributed by atoms with Gasteiger partial charge in [-0.3, -0.25) is 9.59 Å². The Morgan fingerprint density at radius 1 is 0.933 bits per heavy atom. The molecular weight excluding hydrogens is 374 g/mol. The standard InChI is InChI=1S/C25H25N3O2/c26-22-12-5-4-11-21(22)25(30)28(23(24(27)29)19-8-2-1-3-9-19)16-17-7-6-10-20(15-17)18-13-14-18/h1-12,15,18,23H,13-14,16,26H2,(H2,27,29)/t23-/m1/s1. The number of rotatable bonds is 7. The van der Waals surface area contributed by atoms with Crippen molar-refractivity contribution in [3.05, 3.63) is 101 Å². The van der Waals surface area contributed by atoms with Crippen LogP contribution in [0.5, 0.6) is 0 Å². The molecule has 0 bridgehead atoms. The molecule has 1 atom stereocenters. The molecule has 3 aromatic carbocycles. The number of carbonyl (C=O) groups excluding carboxylic acids is 2. The summed E-state index contributed by atoms with van der Waals surface area (Å²) in [4.78, 5) is 27.6. The molecule has 30 heavy (non-hydrogen) atoms. The fourth-order valence-corrected chi connectivity index (χ4v) is 3.82. The number of primary amides is 1. The number of amides is 2. The fraction of sp³-hybridized carbons (Fsp3) is 0.200. The van der Waals surface area contributed by atoms with Crippen molar-refractivity contribution in [1.82, 2.24) is 4.90 Å². The topological polar surface area (TPSA) is 89.4 Å². The van der Waals surface area contributed by atoms with Crippen LogP contribution in [0.15, 0.2) is 78.9 Å². The van der Waals surface area contributed by atoms with E-state index in [9.17, 15) is 9.59 Å². The normalized spacial score (nSPS) is 14.1. The Hall–Kier alpha value is -3.60. The van der Waals surface area contributed by atoms with Crippen LogP contribution in [0.25, 0.3) is 0 Å². The van der Waals surface area contributed by atoms with Gasteiger partial charge in [-0.05, 0) is 47.6 Å². The zero-order chi connectivity index (χ0) is 21.1. The van der Waals surface area contributed by atoms with E-state index in [1.54, 1.807) is 24.3 Å². The second-order valence-corrected chi connectivity index (χ2v) is 7.76. The lowest BCUT2D eigenvalue weighted by atomic mass is 10.0. The van der Waals surface area contributed by atoms with Crippen molar-refractivity contribution in [3.8, 4) is 0 Å². The lowest BCUT2D eigenvalue weighted by Crippen LogP contribution is -2.41. The minimum absolute atomic E-state index is 0.260. The number of carbonyl (C=O) groups is 2. The summed E-state index contributed by atoms with van der Waals surface area (Å²) >= 11 is 0. The van der Waals surface area contributed by atoms with Crippen LogP contribution >= 0.6 is 0 Å². The molecule has 0 unspecified atom stereocenters. The van der Waals surface area contributed by atoms with Crippen molar-refractivity contribution >= 4 is 17.5 Å². The van der Waals surface area contributed by atoms with Gasteiger partial charge < -0.3 is 16.4 Å². The fourth-order valence-electron chi connectivity index (χ4n) is 3.82. The Bertz CT molecular complexity index is 1060. The van der Waals surface area contributed by atoms with E-state index in [1.165, 1.54) is 23.3 Å². The summed E-state index contributed by atoms with van der Waals surface area (Å²) in [6.45, 7) is 0.260. The highest BCUT2D eigenvalue weighted by Gasteiger charge is 2.32. The van der Waals surface area contributed by atoms with Crippen LogP contribution in [0, 0.1) is 0 Å². The highest BCUT2D eigenvalue weighted by Crippen LogP contribution is 2.40. The van der Waals surface area contributed by atoms with Gasteiger partial charge in [-0.25, -0.2) is 0 Å². The Labute approximate surface area is 176 Å². The first-order valence-electron chi connectivity index (χ1n) is 10.1. The van der Waals surface area contributed by atoms with E-state index in [-0.39, 0.29) is 12.5 Å². The van der Waals surface area contributed by atoms with E-state index in [0.29, 0.717) is 22.7 Å². The number of nitrogens with zero attached hydrogens (tertiary/aromatic N) is 1. The summed E-state index contributed by atoms with van der Waals surface area (Å²) in [6.07, 6.45) is 2.39. The third-order valence-electron chi connectivity index (χ3n) is 5.50. The smallest absolute Gasteiger partial charge is 0.257 e. The molecule has 0 aromatic heterocycles. The maximum atomic E-state index is 13.6. The van der Waals surface area contributed by atoms with Crippen LogP contribution in [0.2, 0.25) is 0 Å². The third kappa shape index (κ3) is 4.20. The van der Waals surface area contributed by atoms with Gasteiger partial charge in [-0.1, -0.05) is 66.7 Å². The zero-order valence-electron chi connectivity index (χ0n) is 16.7. The number of para-hydroxylation sites is 1. The second kappa shape index (κ2) is 8.41. The maximum absolute atomic E-state index is 13.6. The molecule has 1 fully saturated rings.